The van der Waals surface area contributed by atoms with Gasteiger partial charge in [0.05, 0.1) is 5.01 Å². The molecule has 5 heteroatoms. The van der Waals surface area contributed by atoms with E-state index in [1.807, 2.05) is 18.7 Å². The Balaban J connectivity index is 1.91. The average Bonchev–Trinajstić information content (AvgIpc) is 2.81. The molecule has 0 aliphatic rings. The number of nitrogens with zero attached hydrogens (tertiary/aromatic N) is 1. The highest BCUT2D eigenvalue weighted by molar-refractivity contribution is 7.99. The lowest BCUT2D eigenvalue weighted by molar-refractivity contribution is 0.574. The van der Waals surface area contributed by atoms with Gasteiger partial charge in [0.25, 0.3) is 0 Å². The van der Waals surface area contributed by atoms with E-state index in [0.717, 1.165) is 22.9 Å². The number of aromatic nitrogens is 1. The van der Waals surface area contributed by atoms with Crippen LogP contribution in [0.1, 0.15) is 16.3 Å². The Bertz CT molecular complexity index is 525. The summed E-state index contributed by atoms with van der Waals surface area (Å²) < 4.78 is 0. The molecule has 19 heavy (non-hydrogen) atoms. The second-order valence-electron chi connectivity index (χ2n) is 4.53. The molecule has 0 bridgehead atoms. The molecule has 2 aromatic rings. The molecule has 1 aromatic carbocycles. The minimum atomic E-state index is 0.246. The van der Waals surface area contributed by atoms with Crippen LogP contribution in [0, 0.1) is 13.8 Å². The number of rotatable bonds is 6. The number of hydrogen-bond acceptors (Lipinski definition) is 5. The van der Waals surface area contributed by atoms with Crippen molar-refractivity contribution in [3.05, 3.63) is 45.9 Å². The van der Waals surface area contributed by atoms with Crippen LogP contribution in [0.25, 0.3) is 0 Å². The highest BCUT2D eigenvalue weighted by Crippen LogP contribution is 2.23. The maximum Gasteiger partial charge on any atom is 0.0944 e. The molecule has 0 fully saturated rings. The van der Waals surface area contributed by atoms with Crippen molar-refractivity contribution in [2.75, 3.05) is 5.75 Å². The molecular weight excluding hydrogens is 274 g/mol. The molecule has 0 aliphatic carbocycles. The Morgan fingerprint density at radius 1 is 1.37 bits per heavy atom. The molecule has 1 heterocycles. The minimum absolute atomic E-state index is 0.246. The normalized spacial score (nSPS) is 12.6. The third-order valence-corrected chi connectivity index (χ3v) is 5.18. The summed E-state index contributed by atoms with van der Waals surface area (Å²) in [5.41, 5.74) is 5.29. The topological polar surface area (TPSA) is 50.9 Å². The number of thioether (sulfide) groups is 1. The second-order valence-corrected chi connectivity index (χ2v) is 6.53. The molecule has 3 N–H and O–H groups in total. The van der Waals surface area contributed by atoms with Gasteiger partial charge >= 0.3 is 0 Å². The van der Waals surface area contributed by atoms with Crippen molar-refractivity contribution in [1.29, 1.82) is 0 Å². The van der Waals surface area contributed by atoms with E-state index in [0.29, 0.717) is 0 Å². The van der Waals surface area contributed by atoms with Crippen LogP contribution in [-0.4, -0.2) is 16.8 Å². The van der Waals surface area contributed by atoms with Crippen molar-refractivity contribution < 1.29 is 0 Å². The SMILES string of the molecule is Cc1csc(CC(CSc2ccccc2C)NN)n1. The number of thiazole rings is 1. The highest BCUT2D eigenvalue weighted by Gasteiger charge is 2.11. The molecular formula is C14H19N3S2. The van der Waals surface area contributed by atoms with Crippen LogP contribution >= 0.6 is 23.1 Å². The molecule has 3 nitrogen and oxygen atoms in total. The Labute approximate surface area is 122 Å². The molecule has 0 spiro atoms. The molecule has 102 valence electrons. The van der Waals surface area contributed by atoms with Crippen LogP contribution < -0.4 is 11.3 Å². The first kappa shape index (κ1) is 14.5. The first-order valence-corrected chi connectivity index (χ1v) is 8.11. The molecule has 2 rings (SSSR count). The van der Waals surface area contributed by atoms with Crippen molar-refractivity contribution in [1.82, 2.24) is 10.4 Å². The van der Waals surface area contributed by atoms with Gasteiger partial charge in [0.1, 0.15) is 0 Å². The van der Waals surface area contributed by atoms with Gasteiger partial charge in [0.2, 0.25) is 0 Å². The van der Waals surface area contributed by atoms with Gasteiger partial charge in [-0.2, -0.15) is 0 Å². The lowest BCUT2D eigenvalue weighted by Crippen LogP contribution is -2.38. The third kappa shape index (κ3) is 4.31. The molecule has 1 atom stereocenters. The predicted octanol–water partition coefficient (Wildman–Crippen LogP) is 2.93. The van der Waals surface area contributed by atoms with E-state index in [1.54, 1.807) is 11.3 Å². The van der Waals surface area contributed by atoms with E-state index in [2.05, 4.69) is 47.0 Å². The number of nitrogens with one attached hydrogen (secondary N) is 1. The van der Waals surface area contributed by atoms with Crippen LogP contribution in [-0.2, 0) is 6.42 Å². The molecule has 1 unspecified atom stereocenters. The lowest BCUT2D eigenvalue weighted by Gasteiger charge is -2.14. The van der Waals surface area contributed by atoms with Crippen molar-refractivity contribution >= 4 is 23.1 Å². The summed E-state index contributed by atoms with van der Waals surface area (Å²) in [5.74, 6) is 6.59. The molecule has 0 saturated carbocycles. The van der Waals surface area contributed by atoms with Gasteiger partial charge in [-0.3, -0.25) is 11.3 Å². The zero-order valence-electron chi connectivity index (χ0n) is 11.2. The summed E-state index contributed by atoms with van der Waals surface area (Å²) >= 11 is 3.54. The summed E-state index contributed by atoms with van der Waals surface area (Å²) in [6.45, 7) is 4.16. The van der Waals surface area contributed by atoms with Crippen LogP contribution in [0.3, 0.4) is 0 Å². The summed E-state index contributed by atoms with van der Waals surface area (Å²) in [6.07, 6.45) is 0.883. The van der Waals surface area contributed by atoms with Gasteiger partial charge in [-0.15, -0.1) is 23.1 Å². The monoisotopic (exact) mass is 293 g/mol. The van der Waals surface area contributed by atoms with Crippen LogP contribution in [0.15, 0.2) is 34.5 Å². The van der Waals surface area contributed by atoms with Gasteiger partial charge < -0.3 is 0 Å². The Hall–Kier alpha value is -0.880. The van der Waals surface area contributed by atoms with Crippen molar-refractivity contribution in [3.8, 4) is 0 Å². The van der Waals surface area contributed by atoms with Crippen molar-refractivity contribution in [3.63, 3.8) is 0 Å². The van der Waals surface area contributed by atoms with Gasteiger partial charge in [0, 0.05) is 34.2 Å². The van der Waals surface area contributed by atoms with Gasteiger partial charge in [-0.1, -0.05) is 18.2 Å². The molecule has 0 aliphatic heterocycles. The van der Waals surface area contributed by atoms with Crippen molar-refractivity contribution in [2.45, 2.75) is 31.2 Å². The summed E-state index contributed by atoms with van der Waals surface area (Å²) in [5, 5.41) is 3.23. The maximum atomic E-state index is 5.64. The van der Waals surface area contributed by atoms with Crippen LogP contribution in [0.4, 0.5) is 0 Å². The standard InChI is InChI=1S/C14H19N3S2/c1-10-5-3-4-6-13(10)18-9-12(17-15)7-14-16-11(2)8-19-14/h3-6,8,12,17H,7,9,15H2,1-2H3. The van der Waals surface area contributed by atoms with Crippen LogP contribution in [0.5, 0.6) is 0 Å². The smallest absolute Gasteiger partial charge is 0.0944 e. The first-order valence-electron chi connectivity index (χ1n) is 6.24. The van der Waals surface area contributed by atoms with E-state index >= 15 is 0 Å². The fourth-order valence-corrected chi connectivity index (χ4v) is 3.70. The van der Waals surface area contributed by atoms with Gasteiger partial charge in [-0.25, -0.2) is 4.98 Å². The second kappa shape index (κ2) is 7.05. The largest absolute Gasteiger partial charge is 0.271 e. The summed E-state index contributed by atoms with van der Waals surface area (Å²) in [4.78, 5) is 5.80. The fraction of sp³-hybridized carbons (Fsp3) is 0.357. The third-order valence-electron chi connectivity index (χ3n) is 2.86. The number of nitrogens with two attached hydrogens (primary N) is 1. The van der Waals surface area contributed by atoms with Crippen molar-refractivity contribution in [2.24, 2.45) is 5.84 Å². The van der Waals surface area contributed by atoms with Gasteiger partial charge in [-0.05, 0) is 25.5 Å². The Morgan fingerprint density at radius 3 is 2.79 bits per heavy atom. The fourth-order valence-electron chi connectivity index (χ4n) is 1.78. The lowest BCUT2D eigenvalue weighted by atomic mass is 10.2. The zero-order valence-corrected chi connectivity index (χ0v) is 12.9. The van der Waals surface area contributed by atoms with E-state index in [4.69, 9.17) is 5.84 Å². The van der Waals surface area contributed by atoms with E-state index in [-0.39, 0.29) is 6.04 Å². The molecule has 1 aromatic heterocycles. The first-order chi connectivity index (χ1) is 9.19. The van der Waals surface area contributed by atoms with E-state index < -0.39 is 0 Å². The van der Waals surface area contributed by atoms with Crippen LogP contribution in [0.2, 0.25) is 0 Å². The Morgan fingerprint density at radius 2 is 2.16 bits per heavy atom. The maximum absolute atomic E-state index is 5.64. The van der Waals surface area contributed by atoms with E-state index in [9.17, 15) is 0 Å². The average molecular weight is 293 g/mol. The molecule has 0 radical (unpaired) electrons. The number of aryl methyl sites for hydroxylation is 2. The molecule has 0 amide bonds. The van der Waals surface area contributed by atoms with Gasteiger partial charge in [0.15, 0.2) is 0 Å². The highest BCUT2D eigenvalue weighted by atomic mass is 32.2. The van der Waals surface area contributed by atoms with E-state index in [1.165, 1.54) is 10.5 Å². The summed E-state index contributed by atoms with van der Waals surface area (Å²) in [7, 11) is 0. The number of benzene rings is 1. The predicted molar refractivity (Wildman–Crippen MR) is 83.6 cm³/mol. The Kier molecular flexibility index (Phi) is 5.39. The number of hydrogen-bond donors (Lipinski definition) is 2. The summed E-state index contributed by atoms with van der Waals surface area (Å²) in [6, 6.07) is 8.68. The molecule has 0 saturated heterocycles. The minimum Gasteiger partial charge on any atom is -0.271 e. The zero-order chi connectivity index (χ0) is 13.7. The number of hydrazine groups is 1. The quantitative estimate of drug-likeness (QED) is 0.488.